The molecule has 0 saturated carbocycles. The molecule has 10 nitrogen and oxygen atoms in total. The Labute approximate surface area is 208 Å². The molecular weight excluding hydrogens is 462 g/mol. The molecule has 2 N–H and O–H groups in total. The Morgan fingerprint density at radius 2 is 1.89 bits per heavy atom. The first-order chi connectivity index (χ1) is 17.5. The number of hydrogen-bond acceptors (Lipinski definition) is 8. The van der Waals surface area contributed by atoms with Crippen LogP contribution in [0, 0.1) is 0 Å². The van der Waals surface area contributed by atoms with Crippen molar-refractivity contribution in [3.63, 3.8) is 0 Å². The summed E-state index contributed by atoms with van der Waals surface area (Å²) in [6.07, 6.45) is 7.91. The van der Waals surface area contributed by atoms with Crippen molar-refractivity contribution in [1.82, 2.24) is 24.8 Å². The number of rotatable bonds is 8. The molecule has 5 heterocycles. The summed E-state index contributed by atoms with van der Waals surface area (Å²) >= 11 is 0. The first-order valence-electron chi connectivity index (χ1n) is 12.2. The van der Waals surface area contributed by atoms with Crippen molar-refractivity contribution >= 4 is 23.1 Å². The summed E-state index contributed by atoms with van der Waals surface area (Å²) in [7, 11) is 0. The van der Waals surface area contributed by atoms with Crippen molar-refractivity contribution in [2.24, 2.45) is 0 Å². The maximum atomic E-state index is 12.6. The monoisotopic (exact) mass is 491 g/mol. The molecule has 3 aromatic rings. The molecule has 0 atom stereocenters. The number of fused-ring (bicyclic) bond motifs is 2. The molecule has 0 amide bonds. The summed E-state index contributed by atoms with van der Waals surface area (Å²) < 4.78 is 12.9. The molecule has 0 unspecified atom stereocenters. The zero-order valence-corrected chi connectivity index (χ0v) is 19.9. The molecule has 0 bridgehead atoms. The van der Waals surface area contributed by atoms with Gasteiger partial charge in [0, 0.05) is 50.1 Å². The third-order valence-electron chi connectivity index (χ3n) is 6.56. The number of carbonyl (C=O) groups is 1. The lowest BCUT2D eigenvalue weighted by Gasteiger charge is -2.32. The smallest absolute Gasteiger partial charge is 0.328 e. The molecule has 1 fully saturated rings. The van der Waals surface area contributed by atoms with Gasteiger partial charge in [0.2, 0.25) is 0 Å². The molecule has 0 spiro atoms. The molecular formula is C26H29N5O5. The maximum Gasteiger partial charge on any atom is 0.328 e. The zero-order chi connectivity index (χ0) is 24.9. The van der Waals surface area contributed by atoms with E-state index >= 15 is 0 Å². The van der Waals surface area contributed by atoms with Crippen LogP contribution in [0.2, 0.25) is 0 Å². The molecule has 0 radical (unpaired) electrons. The van der Waals surface area contributed by atoms with E-state index in [4.69, 9.17) is 14.6 Å². The number of nitrogens with zero attached hydrogens (tertiary/aromatic N) is 4. The highest BCUT2D eigenvalue weighted by Gasteiger charge is 2.20. The molecule has 36 heavy (non-hydrogen) atoms. The fourth-order valence-electron chi connectivity index (χ4n) is 4.61. The minimum absolute atomic E-state index is 0.0906. The van der Waals surface area contributed by atoms with Gasteiger partial charge in [-0.3, -0.25) is 14.8 Å². The van der Waals surface area contributed by atoms with E-state index in [1.165, 1.54) is 12.1 Å². The number of likely N-dealkylation sites (tertiary alicyclic amines) is 1. The second kappa shape index (κ2) is 10.9. The SMILES string of the molecule is O=C(O)C=Cc1cnc2ccc(=O)n(CCN3CCC(NCc4cc5c(cn4)OCCO5)CC3)c2c1. The Hall–Kier alpha value is -3.76. The number of carboxylic acids is 1. The lowest BCUT2D eigenvalue weighted by atomic mass is 10.0. The van der Waals surface area contributed by atoms with Crippen molar-refractivity contribution in [3.05, 3.63) is 64.3 Å². The van der Waals surface area contributed by atoms with Crippen LogP contribution in [0.1, 0.15) is 24.1 Å². The minimum atomic E-state index is -1.03. The number of hydrogen-bond donors (Lipinski definition) is 2. The molecule has 2 aliphatic rings. The van der Waals surface area contributed by atoms with E-state index in [0.29, 0.717) is 54.7 Å². The summed E-state index contributed by atoms with van der Waals surface area (Å²) in [5.74, 6) is 0.431. The number of piperidine rings is 1. The fraction of sp³-hybridized carbons (Fsp3) is 0.385. The quantitative estimate of drug-likeness (QED) is 0.456. The molecule has 2 aliphatic heterocycles. The largest absolute Gasteiger partial charge is 0.486 e. The molecule has 0 aromatic carbocycles. The van der Waals surface area contributed by atoms with E-state index in [9.17, 15) is 9.59 Å². The Bertz CT molecular complexity index is 1330. The highest BCUT2D eigenvalue weighted by molar-refractivity contribution is 5.86. The third-order valence-corrected chi connectivity index (χ3v) is 6.56. The van der Waals surface area contributed by atoms with Gasteiger partial charge in [-0.1, -0.05) is 0 Å². The van der Waals surface area contributed by atoms with Crippen molar-refractivity contribution in [3.8, 4) is 11.5 Å². The fourth-order valence-corrected chi connectivity index (χ4v) is 4.61. The Kier molecular flexibility index (Phi) is 7.24. The molecule has 5 rings (SSSR count). The van der Waals surface area contributed by atoms with Gasteiger partial charge in [0.25, 0.3) is 5.56 Å². The van der Waals surface area contributed by atoms with Crippen LogP contribution in [0.5, 0.6) is 11.5 Å². The van der Waals surface area contributed by atoms with Crippen molar-refractivity contribution in [1.29, 1.82) is 0 Å². The van der Waals surface area contributed by atoms with Gasteiger partial charge < -0.3 is 29.4 Å². The number of ether oxygens (including phenoxy) is 2. The normalized spacial score (nSPS) is 16.6. The van der Waals surface area contributed by atoms with Gasteiger partial charge in [0.15, 0.2) is 11.5 Å². The van der Waals surface area contributed by atoms with Crippen molar-refractivity contribution in [2.75, 3.05) is 32.8 Å². The zero-order valence-electron chi connectivity index (χ0n) is 19.9. The van der Waals surface area contributed by atoms with Gasteiger partial charge in [0.1, 0.15) is 13.2 Å². The van der Waals surface area contributed by atoms with E-state index in [1.807, 2.05) is 12.1 Å². The van der Waals surface area contributed by atoms with Gasteiger partial charge in [0.05, 0.1) is 22.9 Å². The van der Waals surface area contributed by atoms with E-state index < -0.39 is 5.97 Å². The average Bonchev–Trinajstić information content (AvgIpc) is 2.90. The molecule has 188 valence electrons. The topological polar surface area (TPSA) is 119 Å². The van der Waals surface area contributed by atoms with Crippen LogP contribution in [0.4, 0.5) is 0 Å². The number of aliphatic carboxylic acids is 1. The van der Waals surface area contributed by atoms with Crippen molar-refractivity contribution < 1.29 is 19.4 Å². The number of aromatic nitrogens is 3. The maximum absolute atomic E-state index is 12.6. The van der Waals surface area contributed by atoms with Gasteiger partial charge >= 0.3 is 5.97 Å². The van der Waals surface area contributed by atoms with Crippen LogP contribution in [-0.2, 0) is 17.9 Å². The van der Waals surface area contributed by atoms with E-state index in [0.717, 1.165) is 50.0 Å². The van der Waals surface area contributed by atoms with Gasteiger partial charge in [-0.2, -0.15) is 0 Å². The van der Waals surface area contributed by atoms with Gasteiger partial charge in [-0.05, 0) is 49.7 Å². The summed E-state index contributed by atoms with van der Waals surface area (Å²) in [6, 6.07) is 7.39. The average molecular weight is 492 g/mol. The van der Waals surface area contributed by atoms with Gasteiger partial charge in [-0.25, -0.2) is 4.79 Å². The van der Waals surface area contributed by atoms with Crippen LogP contribution in [-0.4, -0.2) is 69.4 Å². The summed E-state index contributed by atoms with van der Waals surface area (Å²) in [6.45, 7) is 4.98. The minimum Gasteiger partial charge on any atom is -0.486 e. The Morgan fingerprint density at radius 1 is 1.08 bits per heavy atom. The standard InChI is InChI=1S/C26H29N5O5/c32-25-3-2-21-22(13-18(15-29-21)1-4-26(33)34)31(25)10-9-30-7-5-19(6-8-30)27-16-20-14-23-24(17-28-20)36-12-11-35-23/h1-4,13-15,17,19,27H,5-12,16H2,(H,33,34). The predicted molar refractivity (Wildman–Crippen MR) is 134 cm³/mol. The molecule has 10 heteroatoms. The highest BCUT2D eigenvalue weighted by atomic mass is 16.6. The van der Waals surface area contributed by atoms with Crippen molar-refractivity contribution in [2.45, 2.75) is 32.0 Å². The summed E-state index contributed by atoms with van der Waals surface area (Å²) in [5.41, 5.74) is 2.90. The summed E-state index contributed by atoms with van der Waals surface area (Å²) in [4.78, 5) is 34.7. The number of nitrogens with one attached hydrogen (secondary N) is 1. The first-order valence-corrected chi connectivity index (χ1v) is 12.2. The molecule has 0 aliphatic carbocycles. The van der Waals surface area contributed by atoms with Crippen LogP contribution >= 0.6 is 0 Å². The van der Waals surface area contributed by atoms with Gasteiger partial charge in [-0.15, -0.1) is 0 Å². The third kappa shape index (κ3) is 5.72. The second-order valence-corrected chi connectivity index (χ2v) is 8.98. The number of pyridine rings is 3. The molecule has 1 saturated heterocycles. The molecule has 3 aromatic heterocycles. The van der Waals surface area contributed by atoms with Crippen LogP contribution in [0.25, 0.3) is 17.1 Å². The first kappa shape index (κ1) is 24.0. The number of carboxylic acid groups (broad SMARTS) is 1. The Balaban J connectivity index is 1.15. The van der Waals surface area contributed by atoms with Crippen LogP contribution < -0.4 is 20.3 Å². The lowest BCUT2D eigenvalue weighted by molar-refractivity contribution is -0.131. The van der Waals surface area contributed by atoms with E-state index in [-0.39, 0.29) is 5.56 Å². The predicted octanol–water partition coefficient (Wildman–Crippen LogP) is 1.91. The highest BCUT2D eigenvalue weighted by Crippen LogP contribution is 2.29. The van der Waals surface area contributed by atoms with E-state index in [2.05, 4.69) is 20.2 Å². The Morgan fingerprint density at radius 3 is 2.69 bits per heavy atom. The summed E-state index contributed by atoms with van der Waals surface area (Å²) in [5, 5.41) is 12.5. The lowest BCUT2D eigenvalue weighted by Crippen LogP contribution is -2.43. The second-order valence-electron chi connectivity index (χ2n) is 8.98. The van der Waals surface area contributed by atoms with Crippen LogP contribution in [0.3, 0.4) is 0 Å². The van der Waals surface area contributed by atoms with Crippen LogP contribution in [0.15, 0.2) is 47.5 Å². The van der Waals surface area contributed by atoms with E-state index in [1.54, 1.807) is 23.0 Å².